The Morgan fingerprint density at radius 2 is 1.97 bits per heavy atom. The number of pyridine rings is 1. The van der Waals surface area contributed by atoms with Crippen LogP contribution in [0.3, 0.4) is 0 Å². The zero-order valence-electron chi connectivity index (χ0n) is 18.9. The number of carbonyl (C=O) groups excluding carboxylic acids is 2. The van der Waals surface area contributed by atoms with Gasteiger partial charge in [-0.1, -0.05) is 26.8 Å². The summed E-state index contributed by atoms with van der Waals surface area (Å²) >= 11 is 0. The largest absolute Gasteiger partial charge is 0.401 e. The van der Waals surface area contributed by atoms with Crippen LogP contribution in [-0.4, -0.2) is 54.6 Å². The number of aryl methyl sites for hydroxylation is 1. The van der Waals surface area contributed by atoms with Gasteiger partial charge < -0.3 is 16.0 Å². The Balaban J connectivity index is 1.89. The SMILES string of the molecule is Cc1cc(C(=O)NC[C@@H]2CC(=O)CCN2)nc2c1=CC(NCC(F)(F)F)CC=2C(C)(C)C. The van der Waals surface area contributed by atoms with E-state index in [1.807, 2.05) is 27.7 Å². The molecular weight excluding hydrogens is 421 g/mol. The van der Waals surface area contributed by atoms with E-state index in [-0.39, 0.29) is 28.8 Å². The van der Waals surface area contributed by atoms with Gasteiger partial charge in [-0.15, -0.1) is 0 Å². The van der Waals surface area contributed by atoms with Gasteiger partial charge in [-0.25, -0.2) is 4.98 Å². The number of ketones is 1. The summed E-state index contributed by atoms with van der Waals surface area (Å²) in [7, 11) is 0. The van der Waals surface area contributed by atoms with E-state index < -0.39 is 18.8 Å². The normalized spacial score (nSPS) is 21.7. The van der Waals surface area contributed by atoms with E-state index in [0.717, 1.165) is 16.4 Å². The summed E-state index contributed by atoms with van der Waals surface area (Å²) in [6, 6.07) is 1.11. The van der Waals surface area contributed by atoms with Crippen LogP contribution in [-0.2, 0) is 4.79 Å². The van der Waals surface area contributed by atoms with Crippen molar-refractivity contribution in [2.45, 2.75) is 65.2 Å². The van der Waals surface area contributed by atoms with Crippen LogP contribution in [0.15, 0.2) is 6.07 Å². The highest BCUT2D eigenvalue weighted by atomic mass is 19.4. The molecule has 1 amide bonds. The molecule has 32 heavy (non-hydrogen) atoms. The number of carbonyl (C=O) groups is 2. The van der Waals surface area contributed by atoms with E-state index in [9.17, 15) is 22.8 Å². The van der Waals surface area contributed by atoms with E-state index in [2.05, 4.69) is 20.9 Å². The van der Waals surface area contributed by atoms with Crippen molar-refractivity contribution in [1.82, 2.24) is 20.9 Å². The maximum Gasteiger partial charge on any atom is 0.401 e. The third-order valence-electron chi connectivity index (χ3n) is 5.87. The van der Waals surface area contributed by atoms with Crippen molar-refractivity contribution in [3.05, 3.63) is 27.9 Å². The van der Waals surface area contributed by atoms with Gasteiger partial charge in [0.15, 0.2) is 0 Å². The molecular formula is C23H31F3N4O2. The zero-order chi connectivity index (χ0) is 23.7. The molecule has 1 aromatic rings. The van der Waals surface area contributed by atoms with Crippen LogP contribution >= 0.6 is 0 Å². The van der Waals surface area contributed by atoms with Crippen molar-refractivity contribution in [3.63, 3.8) is 0 Å². The monoisotopic (exact) mass is 452 g/mol. The molecule has 1 aliphatic carbocycles. The number of fused-ring (bicyclic) bond motifs is 1. The fourth-order valence-corrected chi connectivity index (χ4v) is 4.17. The second-order valence-electron chi connectivity index (χ2n) is 9.64. The first-order valence-electron chi connectivity index (χ1n) is 10.9. The lowest BCUT2D eigenvalue weighted by atomic mass is 9.79. The maximum absolute atomic E-state index is 12.8. The molecule has 2 aliphatic rings. The number of piperidine rings is 1. The second kappa shape index (κ2) is 9.31. The Kier molecular flexibility index (Phi) is 7.09. The average Bonchev–Trinajstić information content (AvgIpc) is 2.69. The van der Waals surface area contributed by atoms with E-state index in [0.29, 0.717) is 37.7 Å². The van der Waals surface area contributed by atoms with Crippen LogP contribution in [0.25, 0.3) is 11.6 Å². The van der Waals surface area contributed by atoms with Crippen molar-refractivity contribution in [2.24, 2.45) is 5.41 Å². The van der Waals surface area contributed by atoms with Gasteiger partial charge in [0.1, 0.15) is 11.5 Å². The molecule has 1 aromatic heterocycles. The molecule has 176 valence electrons. The number of aromatic nitrogens is 1. The fraction of sp³-hybridized carbons (Fsp3) is 0.609. The molecule has 6 nitrogen and oxygen atoms in total. The predicted octanol–water partition coefficient (Wildman–Crippen LogP) is 1.34. The van der Waals surface area contributed by atoms with Crippen molar-refractivity contribution < 1.29 is 22.8 Å². The zero-order valence-corrected chi connectivity index (χ0v) is 18.9. The van der Waals surface area contributed by atoms with Crippen LogP contribution in [0.1, 0.15) is 56.1 Å². The lowest BCUT2D eigenvalue weighted by Gasteiger charge is -2.30. The molecule has 1 unspecified atom stereocenters. The first-order chi connectivity index (χ1) is 14.8. The number of hydrogen-bond donors (Lipinski definition) is 3. The van der Waals surface area contributed by atoms with Gasteiger partial charge >= 0.3 is 6.18 Å². The number of amides is 1. The molecule has 1 aliphatic heterocycles. The molecule has 0 bridgehead atoms. The Morgan fingerprint density at radius 3 is 2.59 bits per heavy atom. The number of hydrogen-bond acceptors (Lipinski definition) is 5. The molecule has 0 spiro atoms. The highest BCUT2D eigenvalue weighted by Crippen LogP contribution is 2.30. The van der Waals surface area contributed by atoms with E-state index in [1.54, 1.807) is 12.1 Å². The Morgan fingerprint density at radius 1 is 1.25 bits per heavy atom. The lowest BCUT2D eigenvalue weighted by molar-refractivity contribution is -0.125. The van der Waals surface area contributed by atoms with Gasteiger partial charge in [0.25, 0.3) is 5.91 Å². The van der Waals surface area contributed by atoms with Gasteiger partial charge in [0.2, 0.25) is 0 Å². The molecule has 3 rings (SSSR count). The molecule has 9 heteroatoms. The third kappa shape index (κ3) is 6.16. The summed E-state index contributed by atoms with van der Waals surface area (Å²) in [5.41, 5.74) is 1.63. The number of alkyl halides is 3. The highest BCUT2D eigenvalue weighted by Gasteiger charge is 2.31. The summed E-state index contributed by atoms with van der Waals surface area (Å²) in [5.74, 6) is -0.152. The molecule has 1 saturated heterocycles. The summed E-state index contributed by atoms with van der Waals surface area (Å²) in [4.78, 5) is 29.0. The number of nitrogens with zero attached hydrogens (tertiary/aromatic N) is 1. The van der Waals surface area contributed by atoms with Gasteiger partial charge in [-0.3, -0.25) is 9.59 Å². The summed E-state index contributed by atoms with van der Waals surface area (Å²) in [6.07, 6.45) is -1.23. The second-order valence-corrected chi connectivity index (χ2v) is 9.64. The number of nitrogens with one attached hydrogen (secondary N) is 3. The van der Waals surface area contributed by atoms with Crippen LogP contribution in [0.5, 0.6) is 0 Å². The molecule has 2 heterocycles. The standard InChI is InChI=1S/C23H31F3N4O2/c1-13-7-19(21(32)28-11-15-8-16(31)5-6-27-15)30-20-17(13)9-14(29-12-23(24,25)26)10-18(20)22(2,3)4/h7,9,14-15,27,29H,5-6,8,10-12H2,1-4H3,(H,28,32)/t14?,15-/m0/s1. The summed E-state index contributed by atoms with van der Waals surface area (Å²) in [6.45, 7) is 7.69. The van der Waals surface area contributed by atoms with Crippen molar-refractivity contribution in [3.8, 4) is 0 Å². The molecule has 2 atom stereocenters. The predicted molar refractivity (Wildman–Crippen MR) is 116 cm³/mol. The molecule has 1 fully saturated rings. The minimum Gasteiger partial charge on any atom is -0.349 e. The van der Waals surface area contributed by atoms with Crippen LogP contribution in [0.4, 0.5) is 13.2 Å². The Bertz CT molecular complexity index is 1010. The Labute approximate surface area is 185 Å². The highest BCUT2D eigenvalue weighted by molar-refractivity contribution is 5.92. The average molecular weight is 453 g/mol. The van der Waals surface area contributed by atoms with Crippen molar-refractivity contribution >= 4 is 23.3 Å². The Hall–Kier alpha value is -2.26. The number of halogens is 3. The number of Topliss-reactive ketones (excluding diaryl/α,β-unsaturated/α-hetero) is 1. The van der Waals surface area contributed by atoms with Crippen LogP contribution in [0.2, 0.25) is 0 Å². The smallest absolute Gasteiger partial charge is 0.349 e. The van der Waals surface area contributed by atoms with Crippen LogP contribution < -0.4 is 26.5 Å². The van der Waals surface area contributed by atoms with Gasteiger partial charge in [-0.2, -0.15) is 13.2 Å². The van der Waals surface area contributed by atoms with Crippen molar-refractivity contribution in [2.75, 3.05) is 19.6 Å². The van der Waals surface area contributed by atoms with Crippen molar-refractivity contribution in [1.29, 1.82) is 0 Å². The minimum atomic E-state index is -4.29. The minimum absolute atomic E-state index is 0.0931. The fourth-order valence-electron chi connectivity index (χ4n) is 4.17. The van der Waals surface area contributed by atoms with Gasteiger partial charge in [-0.05, 0) is 36.0 Å². The van der Waals surface area contributed by atoms with E-state index in [4.69, 9.17) is 0 Å². The summed E-state index contributed by atoms with van der Waals surface area (Å²) in [5, 5.41) is 10.1. The lowest BCUT2D eigenvalue weighted by Crippen LogP contribution is -2.48. The van der Waals surface area contributed by atoms with E-state index in [1.165, 1.54) is 0 Å². The molecule has 0 radical (unpaired) electrons. The van der Waals surface area contributed by atoms with Gasteiger partial charge in [0, 0.05) is 43.2 Å². The van der Waals surface area contributed by atoms with E-state index >= 15 is 0 Å². The molecule has 3 N–H and O–H groups in total. The topological polar surface area (TPSA) is 83.1 Å². The van der Waals surface area contributed by atoms with Crippen LogP contribution in [0, 0.1) is 12.3 Å². The molecule has 0 aromatic carbocycles. The number of rotatable bonds is 5. The first kappa shape index (κ1) is 24.4. The quantitative estimate of drug-likeness (QED) is 0.628. The third-order valence-corrected chi connectivity index (χ3v) is 5.87. The maximum atomic E-state index is 12.8. The molecule has 0 saturated carbocycles. The first-order valence-corrected chi connectivity index (χ1v) is 10.9. The summed E-state index contributed by atoms with van der Waals surface area (Å²) < 4.78 is 38.2. The van der Waals surface area contributed by atoms with Gasteiger partial charge in [0.05, 0.1) is 11.9 Å².